The molecule has 0 spiro atoms. The maximum absolute atomic E-state index is 13.0. The highest BCUT2D eigenvalue weighted by Gasteiger charge is 2.53. The molecule has 3 fully saturated rings. The predicted octanol–water partition coefficient (Wildman–Crippen LogP) is 3.16. The smallest absolute Gasteiger partial charge is 0.230 e. The van der Waals surface area contributed by atoms with E-state index >= 15 is 0 Å². The Kier molecular flexibility index (Phi) is 2.66. The SMILES string of the molecule is O=C(NC(C1CC1)C1CC1)C1(c2ccc(F)cc2)CC1. The second-order valence-corrected chi connectivity index (χ2v) is 6.76. The van der Waals surface area contributed by atoms with Gasteiger partial charge >= 0.3 is 0 Å². The molecule has 0 aromatic heterocycles. The molecule has 3 saturated carbocycles. The number of hydrogen-bond donors (Lipinski definition) is 1. The monoisotopic (exact) mass is 273 g/mol. The van der Waals surface area contributed by atoms with Crippen LogP contribution in [-0.2, 0) is 10.2 Å². The summed E-state index contributed by atoms with van der Waals surface area (Å²) in [5.41, 5.74) is 0.608. The van der Waals surface area contributed by atoms with Crippen LogP contribution in [0.2, 0.25) is 0 Å². The third-order valence-corrected chi connectivity index (χ3v) is 5.14. The van der Waals surface area contributed by atoms with Gasteiger partial charge in [0.2, 0.25) is 5.91 Å². The third kappa shape index (κ3) is 2.13. The first-order chi connectivity index (χ1) is 9.69. The fraction of sp³-hybridized carbons (Fsp3) is 0.588. The van der Waals surface area contributed by atoms with Crippen LogP contribution in [0.5, 0.6) is 0 Å². The lowest BCUT2D eigenvalue weighted by Gasteiger charge is -2.22. The van der Waals surface area contributed by atoms with Gasteiger partial charge in [-0.1, -0.05) is 12.1 Å². The molecular formula is C17H20FNO. The van der Waals surface area contributed by atoms with E-state index in [-0.39, 0.29) is 17.1 Å². The van der Waals surface area contributed by atoms with Gasteiger partial charge in [0.15, 0.2) is 0 Å². The summed E-state index contributed by atoms with van der Waals surface area (Å²) in [6.07, 6.45) is 6.87. The van der Waals surface area contributed by atoms with Crippen LogP contribution < -0.4 is 5.32 Å². The predicted molar refractivity (Wildman–Crippen MR) is 74.7 cm³/mol. The lowest BCUT2D eigenvalue weighted by Crippen LogP contribution is -2.43. The van der Waals surface area contributed by atoms with Gasteiger partial charge in [0, 0.05) is 6.04 Å². The summed E-state index contributed by atoms with van der Waals surface area (Å²) in [5, 5.41) is 3.32. The summed E-state index contributed by atoms with van der Waals surface area (Å²) in [4.78, 5) is 12.7. The number of amides is 1. The first kappa shape index (κ1) is 12.4. The molecule has 1 N–H and O–H groups in total. The van der Waals surface area contributed by atoms with E-state index in [0.717, 1.165) is 30.2 Å². The molecule has 0 aliphatic heterocycles. The molecular weight excluding hydrogens is 253 g/mol. The number of nitrogens with one attached hydrogen (secondary N) is 1. The lowest BCUT2D eigenvalue weighted by molar-refractivity contribution is -0.124. The van der Waals surface area contributed by atoms with Gasteiger partial charge in [-0.15, -0.1) is 0 Å². The molecule has 3 aliphatic rings. The van der Waals surface area contributed by atoms with Crippen molar-refractivity contribution in [3.8, 4) is 0 Å². The van der Waals surface area contributed by atoms with Crippen LogP contribution in [-0.4, -0.2) is 11.9 Å². The van der Waals surface area contributed by atoms with Crippen LogP contribution in [0.3, 0.4) is 0 Å². The Morgan fingerprint density at radius 2 is 1.65 bits per heavy atom. The van der Waals surface area contributed by atoms with Crippen LogP contribution in [0.25, 0.3) is 0 Å². The van der Waals surface area contributed by atoms with Crippen LogP contribution >= 0.6 is 0 Å². The van der Waals surface area contributed by atoms with Crippen molar-refractivity contribution in [2.45, 2.75) is 50.0 Å². The molecule has 1 amide bonds. The molecule has 2 nitrogen and oxygen atoms in total. The van der Waals surface area contributed by atoms with Gasteiger partial charge < -0.3 is 5.32 Å². The van der Waals surface area contributed by atoms with Crippen LogP contribution in [0.1, 0.15) is 44.1 Å². The van der Waals surface area contributed by atoms with E-state index < -0.39 is 0 Å². The third-order valence-electron chi connectivity index (χ3n) is 5.14. The van der Waals surface area contributed by atoms with E-state index in [1.807, 2.05) is 0 Å². The zero-order valence-electron chi connectivity index (χ0n) is 11.6. The van der Waals surface area contributed by atoms with Crippen molar-refractivity contribution in [3.05, 3.63) is 35.6 Å². The molecule has 106 valence electrons. The average molecular weight is 273 g/mol. The normalized spacial score (nSPS) is 23.7. The quantitative estimate of drug-likeness (QED) is 0.877. The Bertz CT molecular complexity index is 514. The lowest BCUT2D eigenvalue weighted by atomic mass is 9.94. The average Bonchev–Trinajstić information content (AvgIpc) is 3.27. The van der Waals surface area contributed by atoms with Gasteiger partial charge in [-0.2, -0.15) is 0 Å². The van der Waals surface area contributed by atoms with E-state index in [0.29, 0.717) is 6.04 Å². The van der Waals surface area contributed by atoms with E-state index in [1.54, 1.807) is 12.1 Å². The highest BCUT2D eigenvalue weighted by Crippen LogP contribution is 2.50. The Labute approximate surface area is 118 Å². The molecule has 0 saturated heterocycles. The van der Waals surface area contributed by atoms with Crippen LogP contribution in [0.4, 0.5) is 4.39 Å². The van der Waals surface area contributed by atoms with Gasteiger partial charge in [-0.3, -0.25) is 4.79 Å². The molecule has 1 aromatic rings. The Morgan fingerprint density at radius 3 is 2.10 bits per heavy atom. The number of halogens is 1. The van der Waals surface area contributed by atoms with Gasteiger partial charge in [0.05, 0.1) is 5.41 Å². The minimum atomic E-state index is -0.365. The Hall–Kier alpha value is -1.38. The molecule has 3 aliphatic carbocycles. The highest BCUT2D eigenvalue weighted by atomic mass is 19.1. The summed E-state index contributed by atoms with van der Waals surface area (Å²) in [5.74, 6) is 1.37. The second-order valence-electron chi connectivity index (χ2n) is 6.76. The molecule has 4 rings (SSSR count). The van der Waals surface area contributed by atoms with Crippen molar-refractivity contribution in [1.82, 2.24) is 5.32 Å². The minimum absolute atomic E-state index is 0.174. The van der Waals surface area contributed by atoms with Gasteiger partial charge in [-0.25, -0.2) is 4.39 Å². The number of carbonyl (C=O) groups is 1. The highest BCUT2D eigenvalue weighted by molar-refractivity contribution is 5.91. The molecule has 1 aromatic carbocycles. The molecule has 0 unspecified atom stereocenters. The van der Waals surface area contributed by atoms with Crippen molar-refractivity contribution in [1.29, 1.82) is 0 Å². The maximum atomic E-state index is 13.0. The van der Waals surface area contributed by atoms with Gasteiger partial charge in [-0.05, 0) is 68.1 Å². The van der Waals surface area contributed by atoms with E-state index in [1.165, 1.54) is 37.8 Å². The fourth-order valence-electron chi connectivity index (χ4n) is 3.36. The fourth-order valence-corrected chi connectivity index (χ4v) is 3.36. The second kappa shape index (κ2) is 4.31. The summed E-state index contributed by atoms with van der Waals surface area (Å²) in [6.45, 7) is 0. The summed E-state index contributed by atoms with van der Waals surface area (Å²) in [7, 11) is 0. The topological polar surface area (TPSA) is 29.1 Å². The number of carbonyl (C=O) groups excluding carboxylic acids is 1. The standard InChI is InChI=1S/C17H20FNO/c18-14-7-5-13(6-8-14)17(9-10-17)16(20)19-15(11-1-2-11)12-3-4-12/h5-8,11-12,15H,1-4,9-10H2,(H,19,20). The zero-order chi connectivity index (χ0) is 13.7. The zero-order valence-corrected chi connectivity index (χ0v) is 11.6. The van der Waals surface area contributed by atoms with E-state index in [2.05, 4.69) is 5.32 Å². The molecule has 0 bridgehead atoms. The molecule has 20 heavy (non-hydrogen) atoms. The largest absolute Gasteiger partial charge is 0.352 e. The maximum Gasteiger partial charge on any atom is 0.230 e. The summed E-state index contributed by atoms with van der Waals surface area (Å²) >= 11 is 0. The Balaban J connectivity index is 1.50. The minimum Gasteiger partial charge on any atom is -0.352 e. The molecule has 0 radical (unpaired) electrons. The first-order valence-electron chi connectivity index (χ1n) is 7.76. The first-order valence-corrected chi connectivity index (χ1v) is 7.76. The van der Waals surface area contributed by atoms with Crippen LogP contribution in [0, 0.1) is 17.7 Å². The van der Waals surface area contributed by atoms with Crippen molar-refractivity contribution < 1.29 is 9.18 Å². The van der Waals surface area contributed by atoms with E-state index in [9.17, 15) is 9.18 Å². The number of rotatable bonds is 5. The number of hydrogen-bond acceptors (Lipinski definition) is 1. The number of benzene rings is 1. The van der Waals surface area contributed by atoms with Crippen LogP contribution in [0.15, 0.2) is 24.3 Å². The van der Waals surface area contributed by atoms with Crippen molar-refractivity contribution in [2.75, 3.05) is 0 Å². The van der Waals surface area contributed by atoms with E-state index in [4.69, 9.17) is 0 Å². The van der Waals surface area contributed by atoms with Crippen molar-refractivity contribution >= 4 is 5.91 Å². The van der Waals surface area contributed by atoms with Crippen molar-refractivity contribution in [2.24, 2.45) is 11.8 Å². The molecule has 3 heteroatoms. The summed E-state index contributed by atoms with van der Waals surface area (Å²) < 4.78 is 13.0. The molecule has 0 atom stereocenters. The van der Waals surface area contributed by atoms with Gasteiger partial charge in [0.1, 0.15) is 5.82 Å². The van der Waals surface area contributed by atoms with Gasteiger partial charge in [0.25, 0.3) is 0 Å². The summed E-state index contributed by atoms with van der Waals surface area (Å²) in [6, 6.07) is 6.86. The molecule has 0 heterocycles. The Morgan fingerprint density at radius 1 is 1.10 bits per heavy atom. The van der Waals surface area contributed by atoms with Crippen molar-refractivity contribution in [3.63, 3.8) is 0 Å².